The van der Waals surface area contributed by atoms with Gasteiger partial charge in [0.05, 0.1) is 6.42 Å². The number of rotatable bonds is 6. The van der Waals surface area contributed by atoms with Crippen LogP contribution < -0.4 is 0 Å². The minimum Gasteiger partial charge on any atom is -0.299 e. The van der Waals surface area contributed by atoms with Crippen LogP contribution >= 0.6 is 0 Å². The average Bonchev–Trinajstić information content (AvgIpc) is 2.91. The third-order valence-electron chi connectivity index (χ3n) is 3.58. The minimum atomic E-state index is 0.319. The van der Waals surface area contributed by atoms with E-state index >= 15 is 0 Å². The summed E-state index contributed by atoms with van der Waals surface area (Å²) in [5.74, 6) is 2.29. The van der Waals surface area contributed by atoms with Crippen molar-refractivity contribution in [3.8, 4) is 0 Å². The smallest absolute Gasteiger partial charge is 0.140 e. The molecule has 0 bridgehead atoms. The van der Waals surface area contributed by atoms with E-state index in [2.05, 4.69) is 23.9 Å². The second-order valence-corrected chi connectivity index (χ2v) is 5.82. The van der Waals surface area contributed by atoms with Crippen LogP contribution in [0.2, 0.25) is 0 Å². The highest BCUT2D eigenvalue weighted by Gasteiger charge is 2.19. The lowest BCUT2D eigenvalue weighted by atomic mass is 9.99. The highest BCUT2D eigenvalue weighted by Crippen LogP contribution is 2.27. The Morgan fingerprint density at radius 1 is 1.44 bits per heavy atom. The number of hydrogen-bond acceptors (Lipinski definition) is 3. The molecule has 0 unspecified atom stereocenters. The Morgan fingerprint density at radius 2 is 2.17 bits per heavy atom. The fraction of sp³-hybridized carbons (Fsp3) is 0.786. The topological polar surface area (TPSA) is 47.8 Å². The number of hydrogen-bond donors (Lipinski definition) is 0. The molecular formula is C14H23N3O. The number of aromatic nitrogens is 3. The van der Waals surface area contributed by atoms with Gasteiger partial charge in [0.1, 0.15) is 17.9 Å². The Morgan fingerprint density at radius 3 is 2.83 bits per heavy atom. The molecule has 1 heterocycles. The highest BCUT2D eigenvalue weighted by molar-refractivity contribution is 5.80. The molecule has 4 nitrogen and oxygen atoms in total. The molecule has 1 aromatic heterocycles. The van der Waals surface area contributed by atoms with Crippen molar-refractivity contribution in [2.75, 3.05) is 0 Å². The molecule has 1 aromatic rings. The summed E-state index contributed by atoms with van der Waals surface area (Å²) in [6, 6.07) is 0. The Bertz CT molecular complexity index is 391. The second kappa shape index (κ2) is 6.12. The van der Waals surface area contributed by atoms with Crippen molar-refractivity contribution in [2.45, 2.75) is 58.9 Å². The van der Waals surface area contributed by atoms with E-state index in [1.54, 1.807) is 6.33 Å². The number of carbonyl (C=O) groups is 1. The van der Waals surface area contributed by atoms with Gasteiger partial charge in [0.15, 0.2) is 0 Å². The van der Waals surface area contributed by atoms with Crippen LogP contribution in [0, 0.1) is 11.8 Å². The van der Waals surface area contributed by atoms with Crippen LogP contribution in [-0.4, -0.2) is 20.5 Å². The summed E-state index contributed by atoms with van der Waals surface area (Å²) < 4.78 is 1.87. The summed E-state index contributed by atoms with van der Waals surface area (Å²) in [7, 11) is 0. The zero-order valence-electron chi connectivity index (χ0n) is 11.4. The molecule has 1 aliphatic carbocycles. The first kappa shape index (κ1) is 13.2. The van der Waals surface area contributed by atoms with E-state index in [0.29, 0.717) is 24.0 Å². The van der Waals surface area contributed by atoms with Crippen LogP contribution in [-0.2, 0) is 17.8 Å². The van der Waals surface area contributed by atoms with Crippen molar-refractivity contribution in [2.24, 2.45) is 11.8 Å². The SMILES string of the molecule is CC(C)Cn1ncnc1CC(=O)CC1CCCC1. The standard InChI is InChI=1S/C14H23N3O/c1-11(2)9-17-14(15-10-16-17)8-13(18)7-12-5-3-4-6-12/h10-12H,3-9H2,1-2H3. The van der Waals surface area contributed by atoms with E-state index in [0.717, 1.165) is 18.8 Å². The van der Waals surface area contributed by atoms with E-state index < -0.39 is 0 Å². The lowest BCUT2D eigenvalue weighted by Gasteiger charge is -2.10. The van der Waals surface area contributed by atoms with Gasteiger partial charge < -0.3 is 0 Å². The predicted octanol–water partition coefficient (Wildman–Crippen LogP) is 2.63. The second-order valence-electron chi connectivity index (χ2n) is 5.82. The molecule has 0 aromatic carbocycles. The minimum absolute atomic E-state index is 0.319. The van der Waals surface area contributed by atoms with Gasteiger partial charge in [-0.3, -0.25) is 4.79 Å². The van der Waals surface area contributed by atoms with Gasteiger partial charge in [-0.15, -0.1) is 0 Å². The number of Topliss-reactive ketones (excluding diaryl/α,β-unsaturated/α-hetero) is 1. The van der Waals surface area contributed by atoms with Crippen LogP contribution in [0.5, 0.6) is 0 Å². The molecule has 2 rings (SSSR count). The molecule has 0 radical (unpaired) electrons. The Kier molecular flexibility index (Phi) is 4.50. The van der Waals surface area contributed by atoms with Crippen molar-refractivity contribution in [1.29, 1.82) is 0 Å². The monoisotopic (exact) mass is 249 g/mol. The van der Waals surface area contributed by atoms with Crippen LogP contribution in [0.15, 0.2) is 6.33 Å². The van der Waals surface area contributed by atoms with Gasteiger partial charge in [0.25, 0.3) is 0 Å². The highest BCUT2D eigenvalue weighted by atomic mass is 16.1. The maximum Gasteiger partial charge on any atom is 0.140 e. The molecule has 0 spiro atoms. The van der Waals surface area contributed by atoms with Crippen LogP contribution in [0.1, 0.15) is 51.8 Å². The zero-order chi connectivity index (χ0) is 13.0. The Balaban J connectivity index is 1.88. The fourth-order valence-electron chi connectivity index (χ4n) is 2.71. The average molecular weight is 249 g/mol. The summed E-state index contributed by atoms with van der Waals surface area (Å²) in [5.41, 5.74) is 0. The van der Waals surface area contributed by atoms with E-state index in [1.165, 1.54) is 25.7 Å². The molecule has 100 valence electrons. The first-order valence-electron chi connectivity index (χ1n) is 7.03. The Hall–Kier alpha value is -1.19. The maximum atomic E-state index is 12.0. The molecule has 18 heavy (non-hydrogen) atoms. The van der Waals surface area contributed by atoms with Crippen LogP contribution in [0.25, 0.3) is 0 Å². The van der Waals surface area contributed by atoms with E-state index in [4.69, 9.17) is 0 Å². The van der Waals surface area contributed by atoms with Gasteiger partial charge in [0.2, 0.25) is 0 Å². The van der Waals surface area contributed by atoms with Gasteiger partial charge in [-0.25, -0.2) is 9.67 Å². The molecule has 0 saturated heterocycles. The number of nitrogens with zero attached hydrogens (tertiary/aromatic N) is 3. The maximum absolute atomic E-state index is 12.0. The zero-order valence-corrected chi connectivity index (χ0v) is 11.4. The van der Waals surface area contributed by atoms with Crippen LogP contribution in [0.3, 0.4) is 0 Å². The van der Waals surface area contributed by atoms with Gasteiger partial charge in [0, 0.05) is 13.0 Å². The lowest BCUT2D eigenvalue weighted by molar-refractivity contribution is -0.119. The summed E-state index contributed by atoms with van der Waals surface area (Å²) in [6.07, 6.45) is 7.77. The van der Waals surface area contributed by atoms with E-state index in [-0.39, 0.29) is 0 Å². The van der Waals surface area contributed by atoms with Gasteiger partial charge in [-0.1, -0.05) is 39.5 Å². The van der Waals surface area contributed by atoms with Crippen LogP contribution in [0.4, 0.5) is 0 Å². The summed E-state index contributed by atoms with van der Waals surface area (Å²) in [4.78, 5) is 16.2. The van der Waals surface area contributed by atoms with Crippen molar-refractivity contribution < 1.29 is 4.79 Å². The molecule has 0 atom stereocenters. The van der Waals surface area contributed by atoms with E-state index in [9.17, 15) is 4.79 Å². The molecule has 0 aliphatic heterocycles. The largest absolute Gasteiger partial charge is 0.299 e. The summed E-state index contributed by atoms with van der Waals surface area (Å²) in [6.45, 7) is 5.13. The van der Waals surface area contributed by atoms with Crippen molar-refractivity contribution in [3.05, 3.63) is 12.2 Å². The summed E-state index contributed by atoms with van der Waals surface area (Å²) in [5, 5.41) is 4.19. The quantitative estimate of drug-likeness (QED) is 0.778. The van der Waals surface area contributed by atoms with Crippen molar-refractivity contribution >= 4 is 5.78 Å². The third kappa shape index (κ3) is 3.65. The normalized spacial score (nSPS) is 16.6. The molecule has 0 N–H and O–H groups in total. The van der Waals surface area contributed by atoms with Gasteiger partial charge in [-0.05, 0) is 11.8 Å². The molecule has 1 saturated carbocycles. The van der Waals surface area contributed by atoms with E-state index in [1.807, 2.05) is 4.68 Å². The molecule has 4 heteroatoms. The van der Waals surface area contributed by atoms with Crippen molar-refractivity contribution in [1.82, 2.24) is 14.8 Å². The fourth-order valence-corrected chi connectivity index (χ4v) is 2.71. The molecule has 0 amide bonds. The number of ketones is 1. The first-order valence-corrected chi connectivity index (χ1v) is 7.03. The molecular weight excluding hydrogens is 226 g/mol. The first-order chi connectivity index (χ1) is 8.65. The molecule has 1 aliphatic rings. The number of carbonyl (C=O) groups excluding carboxylic acids is 1. The predicted molar refractivity (Wildman–Crippen MR) is 70.1 cm³/mol. The lowest BCUT2D eigenvalue weighted by Crippen LogP contribution is -2.15. The third-order valence-corrected chi connectivity index (χ3v) is 3.58. The van der Waals surface area contributed by atoms with Gasteiger partial charge >= 0.3 is 0 Å². The Labute approximate surface area is 109 Å². The van der Waals surface area contributed by atoms with Crippen molar-refractivity contribution in [3.63, 3.8) is 0 Å². The molecule has 1 fully saturated rings. The van der Waals surface area contributed by atoms with Gasteiger partial charge in [-0.2, -0.15) is 5.10 Å². The summed E-state index contributed by atoms with van der Waals surface area (Å²) >= 11 is 0.